The third-order valence-corrected chi connectivity index (χ3v) is 14.0. The Hall–Kier alpha value is -1.54. The van der Waals surface area contributed by atoms with E-state index in [2.05, 4.69) is 55.6 Å². The molecule has 400 valence electrons. The molecule has 0 rings (SSSR count). The molecule has 0 radical (unpaired) electrons. The zero-order chi connectivity index (χ0) is 49.9. The van der Waals surface area contributed by atoms with E-state index in [4.69, 9.17) is 9.05 Å². The second-order valence-corrected chi connectivity index (χ2v) is 22.4. The van der Waals surface area contributed by atoms with Crippen LogP contribution in [0.15, 0.2) is 48.6 Å². The zero-order valence-corrected chi connectivity index (χ0v) is 46.5. The van der Waals surface area contributed by atoms with Crippen LogP contribution in [0.4, 0.5) is 0 Å². The minimum absolute atomic E-state index is 0.00883. The molecule has 0 aromatic rings. The highest BCUT2D eigenvalue weighted by atomic mass is 31.2. The molecule has 0 saturated heterocycles. The number of hydrogen-bond donors (Lipinski definition) is 2. The summed E-state index contributed by atoms with van der Waals surface area (Å²) in [4.78, 5) is 25.5. The first-order chi connectivity index (χ1) is 33.0. The molecule has 0 aliphatic heterocycles. The number of aliphatic hydroxyl groups excluding tert-OH is 1. The van der Waals surface area contributed by atoms with Gasteiger partial charge in [0, 0.05) is 6.42 Å². The summed E-state index contributed by atoms with van der Waals surface area (Å²) in [6.07, 6.45) is 66.3. The first kappa shape index (κ1) is 66.5. The van der Waals surface area contributed by atoms with Crippen LogP contribution in [0.2, 0.25) is 0 Å². The van der Waals surface area contributed by atoms with Crippen molar-refractivity contribution >= 4 is 13.7 Å². The molecule has 0 aliphatic rings. The van der Waals surface area contributed by atoms with E-state index in [1.807, 2.05) is 27.2 Å². The second-order valence-electron chi connectivity index (χ2n) is 21.0. The van der Waals surface area contributed by atoms with E-state index in [1.54, 1.807) is 6.08 Å². The van der Waals surface area contributed by atoms with Crippen molar-refractivity contribution in [1.29, 1.82) is 0 Å². The van der Waals surface area contributed by atoms with Gasteiger partial charge in [-0.3, -0.25) is 9.36 Å². The third-order valence-electron chi connectivity index (χ3n) is 13.0. The Bertz CT molecular complexity index is 1250. The Morgan fingerprint density at radius 1 is 0.515 bits per heavy atom. The number of aliphatic hydroxyl groups is 1. The fourth-order valence-corrected chi connectivity index (χ4v) is 9.16. The number of amides is 1. The highest BCUT2D eigenvalue weighted by Gasteiger charge is 2.23. The van der Waals surface area contributed by atoms with Gasteiger partial charge in [-0.2, -0.15) is 0 Å². The van der Waals surface area contributed by atoms with Gasteiger partial charge in [0.05, 0.1) is 39.9 Å². The third kappa shape index (κ3) is 52.3. The first-order valence-corrected chi connectivity index (χ1v) is 30.5. The smallest absolute Gasteiger partial charge is 0.268 e. The van der Waals surface area contributed by atoms with Crippen molar-refractivity contribution in [3.63, 3.8) is 0 Å². The number of hydrogen-bond acceptors (Lipinski definition) is 6. The van der Waals surface area contributed by atoms with Gasteiger partial charge in [-0.15, -0.1) is 0 Å². The summed E-state index contributed by atoms with van der Waals surface area (Å²) in [5, 5.41) is 13.9. The van der Waals surface area contributed by atoms with Crippen molar-refractivity contribution in [2.45, 2.75) is 283 Å². The zero-order valence-electron chi connectivity index (χ0n) is 45.6. The molecule has 8 nitrogen and oxygen atoms in total. The lowest BCUT2D eigenvalue weighted by Gasteiger charge is -2.29. The number of allylic oxidation sites excluding steroid dienone is 7. The lowest BCUT2D eigenvalue weighted by atomic mass is 10.0. The molecule has 68 heavy (non-hydrogen) atoms. The normalized spacial score (nSPS) is 14.3. The standard InChI is InChI=1S/C59H113N2O6P/c1-6-8-10-12-14-16-18-20-22-24-25-26-27-28-29-30-31-32-33-34-35-37-38-40-42-44-46-48-50-52-58(62)57(56-67-68(64,65)66-55-54-61(3,4)5)60-59(63)53-51-49-47-45-43-41-39-36-23-21-19-17-15-13-11-9-7-2/h15,17,21,23,42,44,50,52,57-58,62H,6-14,16,18-20,22,24-41,43,45-49,51,53-56H2,1-5H3,(H-,60,63,64,65)/b17-15-,23-21-,44-42+,52-50+. The van der Waals surface area contributed by atoms with Gasteiger partial charge in [0.1, 0.15) is 13.2 Å². The quantitative estimate of drug-likeness (QED) is 0.0272. The van der Waals surface area contributed by atoms with Crippen molar-refractivity contribution < 1.29 is 32.9 Å². The van der Waals surface area contributed by atoms with Gasteiger partial charge < -0.3 is 28.8 Å². The van der Waals surface area contributed by atoms with Gasteiger partial charge >= 0.3 is 0 Å². The Morgan fingerprint density at radius 3 is 1.31 bits per heavy atom. The number of unbranched alkanes of at least 4 members (excludes halogenated alkanes) is 34. The SMILES string of the molecule is CCCCC/C=C\C/C=C\CCCCCCCCCC(=O)NC(COP(=O)([O-])OCC[N+](C)(C)C)C(O)/C=C/CC/C=C/CCCCCCCCCCCCCCCCCCCCCCCCC. The Morgan fingerprint density at radius 2 is 0.868 bits per heavy atom. The predicted molar refractivity (Wildman–Crippen MR) is 293 cm³/mol. The minimum atomic E-state index is -4.61. The maximum atomic E-state index is 12.9. The van der Waals surface area contributed by atoms with Gasteiger partial charge in [0.2, 0.25) is 5.91 Å². The van der Waals surface area contributed by atoms with E-state index in [0.717, 1.165) is 57.8 Å². The van der Waals surface area contributed by atoms with Gasteiger partial charge in [-0.25, -0.2) is 0 Å². The van der Waals surface area contributed by atoms with Gasteiger partial charge in [-0.1, -0.05) is 249 Å². The predicted octanol–water partition coefficient (Wildman–Crippen LogP) is 16.9. The number of carbonyl (C=O) groups excluding carboxylic acids is 1. The molecule has 0 bridgehead atoms. The van der Waals surface area contributed by atoms with E-state index in [0.29, 0.717) is 17.4 Å². The van der Waals surface area contributed by atoms with E-state index in [9.17, 15) is 19.4 Å². The lowest BCUT2D eigenvalue weighted by molar-refractivity contribution is -0.870. The molecular formula is C59H113N2O6P. The van der Waals surface area contributed by atoms with Gasteiger partial charge in [-0.05, 0) is 64.2 Å². The number of nitrogens with one attached hydrogen (secondary N) is 1. The highest BCUT2D eigenvalue weighted by Crippen LogP contribution is 2.38. The summed E-state index contributed by atoms with van der Waals surface area (Å²) in [5.41, 5.74) is 0. The average molecular weight is 978 g/mol. The molecule has 0 heterocycles. The molecule has 2 N–H and O–H groups in total. The molecule has 3 unspecified atom stereocenters. The summed E-state index contributed by atoms with van der Waals surface area (Å²) >= 11 is 0. The Kier molecular flexibility index (Phi) is 49.3. The van der Waals surface area contributed by atoms with Crippen molar-refractivity contribution in [3.05, 3.63) is 48.6 Å². The maximum Gasteiger partial charge on any atom is 0.268 e. The fraction of sp³-hybridized carbons (Fsp3) is 0.847. The van der Waals surface area contributed by atoms with Crippen molar-refractivity contribution in [1.82, 2.24) is 5.32 Å². The van der Waals surface area contributed by atoms with Crippen LogP contribution in [-0.4, -0.2) is 68.5 Å². The number of carbonyl (C=O) groups is 1. The molecule has 9 heteroatoms. The van der Waals surface area contributed by atoms with Crippen LogP contribution < -0.4 is 10.2 Å². The van der Waals surface area contributed by atoms with Crippen LogP contribution in [0, 0.1) is 0 Å². The fourth-order valence-electron chi connectivity index (χ4n) is 8.44. The highest BCUT2D eigenvalue weighted by molar-refractivity contribution is 7.45. The Balaban J connectivity index is 4.21. The first-order valence-electron chi connectivity index (χ1n) is 29.0. The molecule has 0 aliphatic carbocycles. The summed E-state index contributed by atoms with van der Waals surface area (Å²) in [6.45, 7) is 4.62. The summed E-state index contributed by atoms with van der Waals surface area (Å²) in [7, 11) is 1.24. The average Bonchev–Trinajstić information content (AvgIpc) is 3.30. The molecule has 0 fully saturated rings. The number of quaternary nitrogens is 1. The number of nitrogens with zero attached hydrogens (tertiary/aromatic N) is 1. The topological polar surface area (TPSA) is 108 Å². The molecule has 1 amide bonds. The van der Waals surface area contributed by atoms with Gasteiger partial charge in [0.15, 0.2) is 0 Å². The minimum Gasteiger partial charge on any atom is -0.756 e. The van der Waals surface area contributed by atoms with E-state index in [-0.39, 0.29) is 12.5 Å². The van der Waals surface area contributed by atoms with Crippen LogP contribution in [-0.2, 0) is 18.4 Å². The number of phosphoric ester groups is 1. The number of phosphoric acid groups is 1. The van der Waals surface area contributed by atoms with Crippen molar-refractivity contribution in [2.24, 2.45) is 0 Å². The monoisotopic (exact) mass is 977 g/mol. The van der Waals surface area contributed by atoms with Crippen molar-refractivity contribution in [2.75, 3.05) is 40.9 Å². The Labute approximate surface area is 422 Å². The molecule has 3 atom stereocenters. The van der Waals surface area contributed by atoms with E-state index < -0.39 is 26.6 Å². The van der Waals surface area contributed by atoms with Crippen LogP contribution >= 0.6 is 7.82 Å². The van der Waals surface area contributed by atoms with Gasteiger partial charge in [0.25, 0.3) is 7.82 Å². The van der Waals surface area contributed by atoms with Crippen LogP contribution in [0.25, 0.3) is 0 Å². The van der Waals surface area contributed by atoms with Crippen LogP contribution in [0.1, 0.15) is 271 Å². The van der Waals surface area contributed by atoms with Crippen LogP contribution in [0.3, 0.4) is 0 Å². The van der Waals surface area contributed by atoms with Crippen LogP contribution in [0.5, 0.6) is 0 Å². The molecule has 0 saturated carbocycles. The lowest BCUT2D eigenvalue weighted by Crippen LogP contribution is -2.45. The molecule has 0 aromatic carbocycles. The summed E-state index contributed by atoms with van der Waals surface area (Å²) < 4.78 is 23.3. The number of rotatable bonds is 53. The second kappa shape index (κ2) is 50.4. The molecular weight excluding hydrogens is 864 g/mol. The molecule has 0 aromatic heterocycles. The maximum absolute atomic E-state index is 12.9. The van der Waals surface area contributed by atoms with E-state index >= 15 is 0 Å². The summed E-state index contributed by atoms with van der Waals surface area (Å²) in [6, 6.07) is -0.909. The molecule has 0 spiro atoms. The largest absolute Gasteiger partial charge is 0.756 e. The number of likely N-dealkylation sites (N-methyl/N-ethyl adjacent to an activating group) is 1. The van der Waals surface area contributed by atoms with E-state index in [1.165, 1.54) is 193 Å². The van der Waals surface area contributed by atoms with Crippen molar-refractivity contribution in [3.8, 4) is 0 Å². The summed E-state index contributed by atoms with van der Waals surface area (Å²) in [5.74, 6) is -0.214.